The third-order valence-corrected chi connectivity index (χ3v) is 5.71. The van der Waals surface area contributed by atoms with Gasteiger partial charge in [0, 0.05) is 23.9 Å². The van der Waals surface area contributed by atoms with E-state index in [4.69, 9.17) is 20.3 Å². The maximum absolute atomic E-state index is 11.9. The van der Waals surface area contributed by atoms with Gasteiger partial charge in [-0.1, -0.05) is 30.3 Å². The fourth-order valence-corrected chi connectivity index (χ4v) is 4.04. The van der Waals surface area contributed by atoms with Gasteiger partial charge in [-0.05, 0) is 48.5 Å². The predicted octanol–water partition coefficient (Wildman–Crippen LogP) is 3.80. The van der Waals surface area contributed by atoms with Crippen LogP contribution in [0.2, 0.25) is 0 Å². The fourth-order valence-electron chi connectivity index (χ4n) is 4.04. The number of hydrogen-bond donors (Lipinski definition) is 1. The standard InChI is InChI=1S/C26H24N4O3/c1-32-21-13-11-18(12-14-21)25-19(16-30(28-25)20-7-3-2-4-8-20)15-29-17-24(26(27)31)33-23-10-6-5-9-22(23)29/h2-14,16,24H,15,17H2,1H3,(H2,27,31)/t24-/m0/s1. The predicted molar refractivity (Wildman–Crippen MR) is 127 cm³/mol. The zero-order valence-corrected chi connectivity index (χ0v) is 18.2. The van der Waals surface area contributed by atoms with Crippen molar-refractivity contribution in [3.8, 4) is 28.4 Å². The summed E-state index contributed by atoms with van der Waals surface area (Å²) in [5, 5.41) is 4.91. The van der Waals surface area contributed by atoms with E-state index in [9.17, 15) is 4.79 Å². The number of nitrogens with zero attached hydrogens (tertiary/aromatic N) is 3. The Bertz CT molecular complexity index is 1270. The molecule has 0 bridgehead atoms. The number of rotatable bonds is 6. The molecule has 2 N–H and O–H groups in total. The van der Waals surface area contributed by atoms with Gasteiger partial charge in [0.2, 0.25) is 0 Å². The van der Waals surface area contributed by atoms with Crippen molar-refractivity contribution >= 4 is 11.6 Å². The number of nitrogens with two attached hydrogens (primary N) is 1. The molecule has 33 heavy (non-hydrogen) atoms. The lowest BCUT2D eigenvalue weighted by Crippen LogP contribution is -2.47. The number of anilines is 1. The Morgan fingerprint density at radius 2 is 1.79 bits per heavy atom. The molecule has 0 aliphatic carbocycles. The summed E-state index contributed by atoms with van der Waals surface area (Å²) in [6.45, 7) is 0.906. The van der Waals surface area contributed by atoms with Gasteiger partial charge in [-0.3, -0.25) is 4.79 Å². The normalized spacial score (nSPS) is 14.9. The summed E-state index contributed by atoms with van der Waals surface area (Å²) in [6.07, 6.45) is 1.32. The first-order valence-corrected chi connectivity index (χ1v) is 10.7. The zero-order valence-electron chi connectivity index (χ0n) is 18.2. The van der Waals surface area contributed by atoms with Crippen LogP contribution >= 0.6 is 0 Å². The third-order valence-electron chi connectivity index (χ3n) is 5.71. The molecule has 7 nitrogen and oxygen atoms in total. The number of aromatic nitrogens is 2. The lowest BCUT2D eigenvalue weighted by Gasteiger charge is -2.35. The van der Waals surface area contributed by atoms with Crippen molar-refractivity contribution in [3.63, 3.8) is 0 Å². The second-order valence-corrected chi connectivity index (χ2v) is 7.87. The number of para-hydroxylation sites is 3. The molecule has 0 unspecified atom stereocenters. The molecule has 3 aromatic carbocycles. The number of benzene rings is 3. The van der Waals surface area contributed by atoms with Gasteiger partial charge in [-0.15, -0.1) is 0 Å². The van der Waals surface area contributed by atoms with Gasteiger partial charge in [-0.25, -0.2) is 4.68 Å². The molecule has 5 rings (SSSR count). The number of carbonyl (C=O) groups is 1. The van der Waals surface area contributed by atoms with E-state index in [0.717, 1.165) is 33.9 Å². The van der Waals surface area contributed by atoms with E-state index in [0.29, 0.717) is 18.8 Å². The van der Waals surface area contributed by atoms with Crippen molar-refractivity contribution in [1.82, 2.24) is 9.78 Å². The van der Waals surface area contributed by atoms with Crippen LogP contribution in [0, 0.1) is 0 Å². The van der Waals surface area contributed by atoms with Gasteiger partial charge in [0.1, 0.15) is 11.5 Å². The average molecular weight is 441 g/mol. The Hall–Kier alpha value is -4.26. The quantitative estimate of drug-likeness (QED) is 0.493. The van der Waals surface area contributed by atoms with Crippen LogP contribution in [0.15, 0.2) is 85.1 Å². The molecule has 0 spiro atoms. The first-order valence-electron chi connectivity index (χ1n) is 10.7. The second-order valence-electron chi connectivity index (χ2n) is 7.87. The highest BCUT2D eigenvalue weighted by atomic mass is 16.5. The summed E-state index contributed by atoms with van der Waals surface area (Å²) in [5.74, 6) is 0.952. The van der Waals surface area contributed by atoms with Crippen molar-refractivity contribution in [2.75, 3.05) is 18.6 Å². The minimum Gasteiger partial charge on any atom is -0.497 e. The second kappa shape index (κ2) is 8.70. The van der Waals surface area contributed by atoms with E-state index < -0.39 is 12.0 Å². The zero-order chi connectivity index (χ0) is 22.8. The van der Waals surface area contributed by atoms with Crippen molar-refractivity contribution in [2.45, 2.75) is 12.6 Å². The molecular formula is C26H24N4O3. The largest absolute Gasteiger partial charge is 0.497 e. The molecule has 1 aliphatic rings. The molecule has 0 saturated carbocycles. The fraction of sp³-hybridized carbons (Fsp3) is 0.154. The highest BCUT2D eigenvalue weighted by Gasteiger charge is 2.30. The molecule has 0 saturated heterocycles. The number of ether oxygens (including phenoxy) is 2. The summed E-state index contributed by atoms with van der Waals surface area (Å²) < 4.78 is 13.0. The van der Waals surface area contributed by atoms with Crippen LogP contribution in [0.5, 0.6) is 11.5 Å². The molecule has 166 valence electrons. The van der Waals surface area contributed by atoms with Crippen LogP contribution in [0.1, 0.15) is 5.56 Å². The lowest BCUT2D eigenvalue weighted by molar-refractivity contribution is -0.124. The SMILES string of the molecule is COc1ccc(-c2nn(-c3ccccc3)cc2CN2C[C@@H](C(N)=O)Oc3ccccc32)cc1. The summed E-state index contributed by atoms with van der Waals surface area (Å²) in [6, 6.07) is 25.5. The van der Waals surface area contributed by atoms with Crippen molar-refractivity contribution in [1.29, 1.82) is 0 Å². The molecule has 1 amide bonds. The van der Waals surface area contributed by atoms with E-state index in [-0.39, 0.29) is 0 Å². The van der Waals surface area contributed by atoms with Crippen LogP contribution in [-0.4, -0.2) is 35.4 Å². The van der Waals surface area contributed by atoms with Crippen molar-refractivity contribution in [2.24, 2.45) is 5.73 Å². The van der Waals surface area contributed by atoms with Crippen LogP contribution in [0.4, 0.5) is 5.69 Å². The molecule has 0 radical (unpaired) electrons. The van der Waals surface area contributed by atoms with Gasteiger partial charge < -0.3 is 20.1 Å². The molecular weight excluding hydrogens is 416 g/mol. The summed E-state index contributed by atoms with van der Waals surface area (Å²) >= 11 is 0. The molecule has 1 aromatic heterocycles. The molecule has 1 atom stereocenters. The Kier molecular flexibility index (Phi) is 5.44. The van der Waals surface area contributed by atoms with E-state index in [1.54, 1.807) is 7.11 Å². The molecule has 4 aromatic rings. The number of fused-ring (bicyclic) bond motifs is 1. The van der Waals surface area contributed by atoms with Crippen LogP contribution < -0.4 is 20.1 Å². The molecule has 2 heterocycles. The lowest BCUT2D eigenvalue weighted by atomic mass is 10.1. The number of hydrogen-bond acceptors (Lipinski definition) is 5. The van der Waals surface area contributed by atoms with Crippen molar-refractivity contribution in [3.05, 3.63) is 90.6 Å². The minimum absolute atomic E-state index is 0.366. The van der Waals surface area contributed by atoms with Gasteiger partial charge in [0.25, 0.3) is 5.91 Å². The van der Waals surface area contributed by atoms with E-state index in [1.807, 2.05) is 89.7 Å². The van der Waals surface area contributed by atoms with Gasteiger partial charge in [0.15, 0.2) is 6.10 Å². The number of primary amides is 1. The molecule has 0 fully saturated rings. The van der Waals surface area contributed by atoms with Gasteiger partial charge in [-0.2, -0.15) is 5.10 Å². The van der Waals surface area contributed by atoms with E-state index >= 15 is 0 Å². The molecule has 7 heteroatoms. The molecule has 1 aliphatic heterocycles. The maximum Gasteiger partial charge on any atom is 0.260 e. The first kappa shape index (κ1) is 20.6. The summed E-state index contributed by atoms with van der Waals surface area (Å²) in [4.78, 5) is 14.1. The summed E-state index contributed by atoms with van der Waals surface area (Å²) in [5.41, 5.74) is 10.3. The summed E-state index contributed by atoms with van der Waals surface area (Å²) in [7, 11) is 1.65. The van der Waals surface area contributed by atoms with Crippen molar-refractivity contribution < 1.29 is 14.3 Å². The third kappa shape index (κ3) is 4.13. The van der Waals surface area contributed by atoms with E-state index in [2.05, 4.69) is 4.90 Å². The number of amides is 1. The highest BCUT2D eigenvalue weighted by molar-refractivity contribution is 5.81. The monoisotopic (exact) mass is 440 g/mol. The Morgan fingerprint density at radius 3 is 2.52 bits per heavy atom. The smallest absolute Gasteiger partial charge is 0.260 e. The average Bonchev–Trinajstić information content (AvgIpc) is 3.28. The minimum atomic E-state index is -0.714. The van der Waals surface area contributed by atoms with Crippen LogP contribution in [0.3, 0.4) is 0 Å². The van der Waals surface area contributed by atoms with Crippen LogP contribution in [0.25, 0.3) is 16.9 Å². The first-order chi connectivity index (χ1) is 16.1. The van der Waals surface area contributed by atoms with Gasteiger partial charge in [0.05, 0.1) is 30.7 Å². The Balaban J connectivity index is 1.56. The highest BCUT2D eigenvalue weighted by Crippen LogP contribution is 2.35. The van der Waals surface area contributed by atoms with Gasteiger partial charge >= 0.3 is 0 Å². The van der Waals surface area contributed by atoms with Crippen LogP contribution in [-0.2, 0) is 11.3 Å². The topological polar surface area (TPSA) is 82.6 Å². The number of methoxy groups -OCH3 is 1. The van der Waals surface area contributed by atoms with E-state index in [1.165, 1.54) is 0 Å². The Morgan fingerprint density at radius 1 is 1.06 bits per heavy atom. The maximum atomic E-state index is 11.9. The Labute approximate surface area is 192 Å². The number of carbonyl (C=O) groups excluding carboxylic acids is 1.